The second-order valence-corrected chi connectivity index (χ2v) is 9.86. The fraction of sp³-hybridized carbons (Fsp3) is 0. The third-order valence-electron chi connectivity index (χ3n) is 6.67. The Bertz CT molecular complexity index is 1870. The van der Waals surface area contributed by atoms with Gasteiger partial charge in [0.05, 0.1) is 9.85 Å². The summed E-state index contributed by atoms with van der Waals surface area (Å²) in [5.74, 6) is 2.81. The largest absolute Gasteiger partial charge is 0.457 e. The van der Waals surface area contributed by atoms with Crippen molar-refractivity contribution in [3.8, 4) is 57.1 Å². The van der Waals surface area contributed by atoms with E-state index in [9.17, 15) is 20.2 Å². The first kappa shape index (κ1) is 29.4. The summed E-state index contributed by atoms with van der Waals surface area (Å²) in [6.45, 7) is 0. The molecule has 6 rings (SSSR count). The molecule has 0 aliphatic carbocycles. The van der Waals surface area contributed by atoms with Gasteiger partial charge in [0.2, 0.25) is 11.5 Å². The van der Waals surface area contributed by atoms with Crippen LogP contribution in [0.3, 0.4) is 0 Å². The fourth-order valence-corrected chi connectivity index (χ4v) is 4.56. The standard InChI is InChI=1S/C36H24N2O8/c39-37(40)33-19-17-25(21-35(33)45-31-15-7-13-29(23-31)43-27-9-3-1-4-10-27)26-18-20-34(38(41)42)36(22-26)46-32-16-8-14-30(24-32)44-28-11-5-2-6-12-28/h1-24H. The van der Waals surface area contributed by atoms with Crippen LogP contribution in [0, 0.1) is 20.2 Å². The molecule has 46 heavy (non-hydrogen) atoms. The molecule has 0 radical (unpaired) electrons. The third kappa shape index (κ3) is 7.09. The zero-order chi connectivity index (χ0) is 31.9. The van der Waals surface area contributed by atoms with Gasteiger partial charge < -0.3 is 18.9 Å². The quantitative estimate of drug-likeness (QED) is 0.105. The van der Waals surface area contributed by atoms with Crippen molar-refractivity contribution in [2.24, 2.45) is 0 Å². The molecule has 226 valence electrons. The number of para-hydroxylation sites is 2. The van der Waals surface area contributed by atoms with Gasteiger partial charge >= 0.3 is 11.4 Å². The molecule has 0 amide bonds. The molecular weight excluding hydrogens is 588 g/mol. The van der Waals surface area contributed by atoms with Crippen LogP contribution in [0.2, 0.25) is 0 Å². The Morgan fingerprint density at radius 2 is 0.717 bits per heavy atom. The minimum absolute atomic E-state index is 0.0223. The Labute approximate surface area is 262 Å². The highest BCUT2D eigenvalue weighted by Gasteiger charge is 2.21. The molecule has 0 aliphatic heterocycles. The summed E-state index contributed by atoms with van der Waals surface area (Å²) < 4.78 is 23.7. The Morgan fingerprint density at radius 3 is 1.09 bits per heavy atom. The fourth-order valence-electron chi connectivity index (χ4n) is 4.56. The van der Waals surface area contributed by atoms with E-state index in [2.05, 4.69) is 0 Å². The molecule has 10 heteroatoms. The van der Waals surface area contributed by atoms with Crippen LogP contribution in [0.5, 0.6) is 46.0 Å². The van der Waals surface area contributed by atoms with Crippen LogP contribution in [0.15, 0.2) is 146 Å². The highest BCUT2D eigenvalue weighted by atomic mass is 16.6. The summed E-state index contributed by atoms with van der Waals surface area (Å²) in [4.78, 5) is 22.7. The van der Waals surface area contributed by atoms with Gasteiger partial charge in [-0.15, -0.1) is 0 Å². The number of hydrogen-bond donors (Lipinski definition) is 0. The predicted molar refractivity (Wildman–Crippen MR) is 171 cm³/mol. The SMILES string of the molecule is O=[N+]([O-])c1ccc(-c2ccc([N+](=O)[O-])c(Oc3cccc(Oc4ccccc4)c3)c2)cc1Oc1cccc(Oc2ccccc2)c1. The number of hydrogen-bond acceptors (Lipinski definition) is 8. The normalized spacial score (nSPS) is 10.5. The summed E-state index contributed by atoms with van der Waals surface area (Å²) in [7, 11) is 0. The minimum Gasteiger partial charge on any atom is -0.457 e. The van der Waals surface area contributed by atoms with Crippen LogP contribution in [0.25, 0.3) is 11.1 Å². The molecule has 6 aromatic carbocycles. The molecule has 0 saturated heterocycles. The minimum atomic E-state index is -0.543. The monoisotopic (exact) mass is 612 g/mol. The molecule has 0 unspecified atom stereocenters. The van der Waals surface area contributed by atoms with Crippen molar-refractivity contribution >= 4 is 11.4 Å². The van der Waals surface area contributed by atoms with E-state index < -0.39 is 9.85 Å². The highest BCUT2D eigenvalue weighted by molar-refractivity contribution is 5.72. The van der Waals surface area contributed by atoms with Crippen molar-refractivity contribution in [2.45, 2.75) is 0 Å². The molecule has 0 aliphatic rings. The van der Waals surface area contributed by atoms with Crippen molar-refractivity contribution in [1.82, 2.24) is 0 Å². The topological polar surface area (TPSA) is 123 Å². The number of nitro groups is 2. The molecule has 0 spiro atoms. The maximum atomic E-state index is 11.9. The number of ether oxygens (including phenoxy) is 4. The van der Waals surface area contributed by atoms with E-state index >= 15 is 0 Å². The lowest BCUT2D eigenvalue weighted by molar-refractivity contribution is -0.385. The van der Waals surface area contributed by atoms with E-state index in [1.54, 1.807) is 84.9 Å². The van der Waals surface area contributed by atoms with Gasteiger partial charge in [0.25, 0.3) is 0 Å². The van der Waals surface area contributed by atoms with Crippen LogP contribution < -0.4 is 18.9 Å². The van der Waals surface area contributed by atoms with E-state index in [1.807, 2.05) is 36.4 Å². The number of rotatable bonds is 11. The first-order chi connectivity index (χ1) is 22.4. The van der Waals surface area contributed by atoms with Gasteiger partial charge in [0.15, 0.2) is 0 Å². The molecule has 0 atom stereocenters. The molecule has 10 nitrogen and oxygen atoms in total. The lowest BCUT2D eigenvalue weighted by atomic mass is 10.0. The first-order valence-corrected chi connectivity index (χ1v) is 14.0. The zero-order valence-electron chi connectivity index (χ0n) is 24.0. The molecule has 0 N–H and O–H groups in total. The first-order valence-electron chi connectivity index (χ1n) is 14.0. The van der Waals surface area contributed by atoms with Crippen LogP contribution in [-0.4, -0.2) is 9.85 Å². The summed E-state index contributed by atoms with van der Waals surface area (Å²) in [5, 5.41) is 23.8. The lowest BCUT2D eigenvalue weighted by Gasteiger charge is -2.12. The molecule has 6 aromatic rings. The average molecular weight is 613 g/mol. The van der Waals surface area contributed by atoms with E-state index in [4.69, 9.17) is 18.9 Å². The van der Waals surface area contributed by atoms with Crippen LogP contribution in [0.1, 0.15) is 0 Å². The molecule has 0 heterocycles. The lowest BCUT2D eigenvalue weighted by Crippen LogP contribution is -1.96. The second kappa shape index (κ2) is 13.3. The molecule has 0 fully saturated rings. The van der Waals surface area contributed by atoms with Crippen LogP contribution >= 0.6 is 0 Å². The summed E-state index contributed by atoms with van der Waals surface area (Å²) in [6, 6.07) is 40.5. The maximum Gasteiger partial charge on any atom is 0.311 e. The van der Waals surface area contributed by atoms with Gasteiger partial charge in [0.1, 0.15) is 34.5 Å². The van der Waals surface area contributed by atoms with Crippen LogP contribution in [0.4, 0.5) is 11.4 Å². The smallest absolute Gasteiger partial charge is 0.311 e. The van der Waals surface area contributed by atoms with Crippen molar-refractivity contribution < 1.29 is 28.8 Å². The Morgan fingerprint density at radius 1 is 0.370 bits per heavy atom. The van der Waals surface area contributed by atoms with Gasteiger partial charge in [-0.1, -0.05) is 48.5 Å². The number of nitrogens with zero attached hydrogens (tertiary/aromatic N) is 2. The molecular formula is C36H24N2O8. The van der Waals surface area contributed by atoms with Gasteiger partial charge in [-0.2, -0.15) is 0 Å². The predicted octanol–water partition coefficient (Wildman–Crippen LogP) is 10.3. The van der Waals surface area contributed by atoms with Gasteiger partial charge in [0, 0.05) is 24.3 Å². The number of benzene rings is 6. The van der Waals surface area contributed by atoms with Gasteiger partial charge in [-0.05, 0) is 83.9 Å². The van der Waals surface area contributed by atoms with Crippen molar-refractivity contribution in [2.75, 3.05) is 0 Å². The van der Waals surface area contributed by atoms with Crippen molar-refractivity contribution in [3.63, 3.8) is 0 Å². The summed E-state index contributed by atoms with van der Waals surface area (Å²) in [5.41, 5.74) is 0.509. The Balaban J connectivity index is 1.29. The Hall–Kier alpha value is -6.68. The van der Waals surface area contributed by atoms with Crippen LogP contribution in [-0.2, 0) is 0 Å². The van der Waals surface area contributed by atoms with Crippen molar-refractivity contribution in [1.29, 1.82) is 0 Å². The molecule has 0 aromatic heterocycles. The van der Waals surface area contributed by atoms with Gasteiger partial charge in [-0.3, -0.25) is 20.2 Å². The summed E-state index contributed by atoms with van der Waals surface area (Å²) >= 11 is 0. The Kier molecular flexibility index (Phi) is 8.51. The van der Waals surface area contributed by atoms with E-state index in [0.29, 0.717) is 45.6 Å². The summed E-state index contributed by atoms with van der Waals surface area (Å²) in [6.07, 6.45) is 0. The highest BCUT2D eigenvalue weighted by Crippen LogP contribution is 2.40. The van der Waals surface area contributed by atoms with E-state index in [0.717, 1.165) is 0 Å². The number of nitro benzene ring substituents is 2. The van der Waals surface area contributed by atoms with Crippen molar-refractivity contribution in [3.05, 3.63) is 166 Å². The van der Waals surface area contributed by atoms with Gasteiger partial charge in [-0.25, -0.2) is 0 Å². The molecule has 0 saturated carbocycles. The average Bonchev–Trinajstić information content (AvgIpc) is 3.06. The molecule has 0 bridgehead atoms. The maximum absolute atomic E-state index is 11.9. The van der Waals surface area contributed by atoms with E-state index in [-0.39, 0.29) is 22.9 Å². The third-order valence-corrected chi connectivity index (χ3v) is 6.67. The van der Waals surface area contributed by atoms with E-state index in [1.165, 1.54) is 24.3 Å². The zero-order valence-corrected chi connectivity index (χ0v) is 24.0. The second-order valence-electron chi connectivity index (χ2n) is 9.86.